The van der Waals surface area contributed by atoms with Crippen LogP contribution in [-0.2, 0) is 6.54 Å². The van der Waals surface area contributed by atoms with Gasteiger partial charge < -0.3 is 5.32 Å². The molecule has 1 fully saturated rings. The second-order valence-corrected chi connectivity index (χ2v) is 6.14. The number of thioether (sulfide) groups is 1. The Balaban J connectivity index is 1.54. The molecular formula is C13H18N4S. The number of nitrogens with one attached hydrogen (secondary N) is 1. The molecule has 0 unspecified atom stereocenters. The number of aromatic nitrogens is 2. The van der Waals surface area contributed by atoms with Crippen LogP contribution in [0.15, 0.2) is 23.6 Å². The van der Waals surface area contributed by atoms with Gasteiger partial charge in [-0.2, -0.15) is 0 Å². The van der Waals surface area contributed by atoms with Crippen molar-refractivity contribution in [2.75, 3.05) is 12.3 Å². The zero-order chi connectivity index (χ0) is 12.3. The summed E-state index contributed by atoms with van der Waals surface area (Å²) in [7, 11) is 0. The van der Waals surface area contributed by atoms with E-state index in [1.807, 2.05) is 17.8 Å². The molecule has 1 aliphatic carbocycles. The third-order valence-electron chi connectivity index (χ3n) is 3.80. The number of nitrogens with zero attached hydrogens (tertiary/aromatic N) is 3. The summed E-state index contributed by atoms with van der Waals surface area (Å²) in [5, 5.41) is 4.44. The second kappa shape index (κ2) is 5.26. The molecule has 2 aliphatic rings. The van der Waals surface area contributed by atoms with Crippen molar-refractivity contribution in [3.63, 3.8) is 0 Å². The van der Waals surface area contributed by atoms with E-state index in [1.165, 1.54) is 31.4 Å². The zero-order valence-electron chi connectivity index (χ0n) is 10.4. The lowest BCUT2D eigenvalue weighted by atomic mass is 9.89. The average Bonchev–Trinajstić information content (AvgIpc) is 2.88. The summed E-state index contributed by atoms with van der Waals surface area (Å²) in [6.07, 6.45) is 8.86. The minimum absolute atomic E-state index is 0.519. The molecule has 0 atom stereocenters. The van der Waals surface area contributed by atoms with Crippen molar-refractivity contribution >= 4 is 16.9 Å². The Kier molecular flexibility index (Phi) is 3.50. The third kappa shape index (κ3) is 2.66. The highest BCUT2D eigenvalue weighted by molar-refractivity contribution is 8.13. The van der Waals surface area contributed by atoms with E-state index in [0.29, 0.717) is 5.41 Å². The minimum atomic E-state index is 0.519. The van der Waals surface area contributed by atoms with Crippen LogP contribution in [0.3, 0.4) is 0 Å². The van der Waals surface area contributed by atoms with E-state index in [4.69, 9.17) is 4.99 Å². The maximum Gasteiger partial charge on any atom is 0.156 e. The lowest BCUT2D eigenvalue weighted by Gasteiger charge is -2.31. The predicted molar refractivity (Wildman–Crippen MR) is 74.5 cm³/mol. The Morgan fingerprint density at radius 3 is 2.89 bits per heavy atom. The van der Waals surface area contributed by atoms with Crippen LogP contribution >= 0.6 is 11.8 Å². The van der Waals surface area contributed by atoms with Crippen LogP contribution in [0.4, 0.5) is 0 Å². The Morgan fingerprint density at radius 2 is 2.22 bits per heavy atom. The van der Waals surface area contributed by atoms with Crippen LogP contribution in [0, 0.1) is 5.41 Å². The molecule has 0 amide bonds. The molecule has 1 aromatic rings. The Bertz CT molecular complexity index is 426. The fourth-order valence-electron chi connectivity index (χ4n) is 2.68. The molecule has 0 aromatic carbocycles. The molecule has 0 saturated heterocycles. The molecule has 4 nitrogen and oxygen atoms in total. The number of rotatable bonds is 2. The van der Waals surface area contributed by atoms with Gasteiger partial charge in [-0.1, -0.05) is 24.6 Å². The molecular weight excluding hydrogens is 244 g/mol. The molecule has 5 heteroatoms. The van der Waals surface area contributed by atoms with Crippen LogP contribution in [-0.4, -0.2) is 27.4 Å². The molecule has 1 aliphatic heterocycles. The zero-order valence-corrected chi connectivity index (χ0v) is 11.2. The Morgan fingerprint density at radius 1 is 1.33 bits per heavy atom. The molecule has 1 aromatic heterocycles. The normalized spacial score (nSPS) is 21.9. The van der Waals surface area contributed by atoms with Gasteiger partial charge in [0.15, 0.2) is 5.17 Å². The van der Waals surface area contributed by atoms with E-state index in [1.54, 1.807) is 12.5 Å². The van der Waals surface area contributed by atoms with Gasteiger partial charge in [-0.3, -0.25) is 4.99 Å². The molecule has 1 N–H and O–H groups in total. The lowest BCUT2D eigenvalue weighted by molar-refractivity contribution is 0.358. The minimum Gasteiger partial charge on any atom is -0.359 e. The molecule has 1 saturated carbocycles. The SMILES string of the molecule is c1cc(CNC2=NCC3(CCCC3)CS2)ncn1. The van der Waals surface area contributed by atoms with E-state index in [2.05, 4.69) is 15.3 Å². The molecule has 1 spiro atoms. The maximum atomic E-state index is 4.70. The quantitative estimate of drug-likeness (QED) is 0.888. The largest absolute Gasteiger partial charge is 0.359 e. The summed E-state index contributed by atoms with van der Waals surface area (Å²) >= 11 is 1.87. The third-order valence-corrected chi connectivity index (χ3v) is 5.10. The van der Waals surface area contributed by atoms with Crippen molar-refractivity contribution in [2.24, 2.45) is 10.4 Å². The van der Waals surface area contributed by atoms with Crippen LogP contribution in [0.1, 0.15) is 31.4 Å². The van der Waals surface area contributed by atoms with Gasteiger partial charge in [-0.05, 0) is 24.3 Å². The van der Waals surface area contributed by atoms with Crippen LogP contribution < -0.4 is 5.32 Å². The van der Waals surface area contributed by atoms with E-state index in [9.17, 15) is 0 Å². The van der Waals surface area contributed by atoms with E-state index >= 15 is 0 Å². The van der Waals surface area contributed by atoms with Crippen molar-refractivity contribution in [2.45, 2.75) is 32.2 Å². The van der Waals surface area contributed by atoms with Gasteiger partial charge in [0.2, 0.25) is 0 Å². The molecule has 96 valence electrons. The van der Waals surface area contributed by atoms with E-state index < -0.39 is 0 Å². The standard InChI is InChI=1S/C13H18N4S/c1-2-5-13(4-1)8-16-12(18-9-13)15-7-11-3-6-14-10-17-11/h3,6,10H,1-2,4-5,7-9H2,(H,15,16). The van der Waals surface area contributed by atoms with Crippen molar-refractivity contribution in [3.8, 4) is 0 Å². The Hall–Kier alpha value is -1.10. The summed E-state index contributed by atoms with van der Waals surface area (Å²) in [4.78, 5) is 12.8. The second-order valence-electron chi connectivity index (χ2n) is 5.17. The molecule has 3 rings (SSSR count). The van der Waals surface area contributed by atoms with Crippen LogP contribution in [0.2, 0.25) is 0 Å². The van der Waals surface area contributed by atoms with Gasteiger partial charge in [0, 0.05) is 18.5 Å². The summed E-state index contributed by atoms with van der Waals surface area (Å²) < 4.78 is 0. The number of hydrogen-bond acceptors (Lipinski definition) is 5. The van der Waals surface area contributed by atoms with Gasteiger partial charge >= 0.3 is 0 Å². The number of aliphatic imine (C=N–C) groups is 1. The predicted octanol–water partition coefficient (Wildman–Crippen LogP) is 2.23. The number of amidine groups is 1. The highest BCUT2D eigenvalue weighted by atomic mass is 32.2. The molecule has 18 heavy (non-hydrogen) atoms. The Labute approximate surface area is 112 Å². The first-order chi connectivity index (χ1) is 8.86. The highest BCUT2D eigenvalue weighted by Gasteiger charge is 2.36. The average molecular weight is 262 g/mol. The fraction of sp³-hybridized carbons (Fsp3) is 0.615. The van der Waals surface area contributed by atoms with Gasteiger partial charge in [-0.25, -0.2) is 9.97 Å². The molecule has 0 radical (unpaired) electrons. The maximum absolute atomic E-state index is 4.70. The molecule has 0 bridgehead atoms. The summed E-state index contributed by atoms with van der Waals surface area (Å²) in [6.45, 7) is 1.74. The van der Waals surface area contributed by atoms with E-state index in [0.717, 1.165) is 24.0 Å². The molecule has 2 heterocycles. The van der Waals surface area contributed by atoms with Crippen molar-refractivity contribution in [1.29, 1.82) is 0 Å². The van der Waals surface area contributed by atoms with Crippen LogP contribution in [0.5, 0.6) is 0 Å². The van der Waals surface area contributed by atoms with Crippen molar-refractivity contribution in [1.82, 2.24) is 15.3 Å². The smallest absolute Gasteiger partial charge is 0.156 e. The van der Waals surface area contributed by atoms with Gasteiger partial charge in [0.05, 0.1) is 12.2 Å². The van der Waals surface area contributed by atoms with Crippen molar-refractivity contribution < 1.29 is 0 Å². The topological polar surface area (TPSA) is 50.2 Å². The monoisotopic (exact) mass is 262 g/mol. The first-order valence-electron chi connectivity index (χ1n) is 6.52. The first-order valence-corrected chi connectivity index (χ1v) is 7.51. The summed E-state index contributed by atoms with van der Waals surface area (Å²) in [5.41, 5.74) is 1.53. The fourth-order valence-corrected chi connectivity index (χ4v) is 3.83. The summed E-state index contributed by atoms with van der Waals surface area (Å²) in [6, 6.07) is 1.93. The number of hydrogen-bond donors (Lipinski definition) is 1. The highest BCUT2D eigenvalue weighted by Crippen LogP contribution is 2.43. The first kappa shape index (κ1) is 12.0. The summed E-state index contributed by atoms with van der Waals surface area (Å²) in [5.74, 6) is 1.22. The van der Waals surface area contributed by atoms with E-state index in [-0.39, 0.29) is 0 Å². The van der Waals surface area contributed by atoms with Crippen LogP contribution in [0.25, 0.3) is 0 Å². The van der Waals surface area contributed by atoms with Crippen molar-refractivity contribution in [3.05, 3.63) is 24.3 Å². The lowest BCUT2D eigenvalue weighted by Crippen LogP contribution is -2.33. The van der Waals surface area contributed by atoms with Gasteiger partial charge in [0.25, 0.3) is 0 Å². The van der Waals surface area contributed by atoms with Gasteiger partial charge in [-0.15, -0.1) is 0 Å². The van der Waals surface area contributed by atoms with Gasteiger partial charge in [0.1, 0.15) is 6.33 Å².